The predicted molar refractivity (Wildman–Crippen MR) is 67.6 cm³/mol. The standard InChI is InChI=1S/C9H12N2O6P2/c12-18(13,14)6-19(15,16)17-5-9-10-7-3-1-2-4-8(7)11-9/h1-4H,5-6H2,(H,10,11)(H,15,16)(H2,12,13,14). The summed E-state index contributed by atoms with van der Waals surface area (Å²) in [5, 5.41) is 0. The summed E-state index contributed by atoms with van der Waals surface area (Å²) in [7, 11) is -8.95. The van der Waals surface area contributed by atoms with E-state index in [1.807, 2.05) is 0 Å². The topological polar surface area (TPSA) is 133 Å². The SMILES string of the molecule is O=P(O)(O)CP(=O)(O)OCc1nc2ccccc2[nH]1. The number of hydrogen-bond donors (Lipinski definition) is 4. The molecular weight excluding hydrogens is 294 g/mol. The number of rotatable bonds is 5. The van der Waals surface area contributed by atoms with Gasteiger partial charge in [-0.15, -0.1) is 0 Å². The molecule has 2 aromatic rings. The van der Waals surface area contributed by atoms with Crippen molar-refractivity contribution in [2.45, 2.75) is 6.61 Å². The van der Waals surface area contributed by atoms with Gasteiger partial charge in [-0.25, -0.2) is 4.98 Å². The van der Waals surface area contributed by atoms with Crippen molar-refractivity contribution in [1.82, 2.24) is 9.97 Å². The van der Waals surface area contributed by atoms with Crippen LogP contribution in [0.25, 0.3) is 11.0 Å². The van der Waals surface area contributed by atoms with Crippen molar-refractivity contribution in [3.05, 3.63) is 30.1 Å². The first-order valence-corrected chi connectivity index (χ1v) is 8.76. The van der Waals surface area contributed by atoms with E-state index in [4.69, 9.17) is 9.79 Å². The highest BCUT2D eigenvalue weighted by molar-refractivity contribution is 7.69. The van der Waals surface area contributed by atoms with E-state index < -0.39 is 21.1 Å². The Labute approximate surface area is 108 Å². The molecule has 8 nitrogen and oxygen atoms in total. The zero-order chi connectivity index (χ0) is 14.1. The van der Waals surface area contributed by atoms with Crippen molar-refractivity contribution in [2.24, 2.45) is 0 Å². The van der Waals surface area contributed by atoms with Gasteiger partial charge in [0.1, 0.15) is 12.4 Å². The van der Waals surface area contributed by atoms with Crippen LogP contribution in [-0.4, -0.2) is 30.6 Å². The zero-order valence-electron chi connectivity index (χ0n) is 9.63. The second-order valence-electron chi connectivity index (χ2n) is 3.92. The molecule has 0 radical (unpaired) electrons. The van der Waals surface area contributed by atoms with Gasteiger partial charge in [-0.05, 0) is 12.1 Å². The third-order valence-corrected chi connectivity index (χ3v) is 5.64. The van der Waals surface area contributed by atoms with Gasteiger partial charge in [0, 0.05) is 0 Å². The summed E-state index contributed by atoms with van der Waals surface area (Å²) in [6.45, 7) is -0.331. The van der Waals surface area contributed by atoms with Crippen molar-refractivity contribution in [3.8, 4) is 0 Å². The maximum absolute atomic E-state index is 11.4. The second kappa shape index (κ2) is 5.17. The molecule has 104 valence electrons. The summed E-state index contributed by atoms with van der Waals surface area (Å²) in [6, 6.07) is 7.12. The van der Waals surface area contributed by atoms with E-state index in [1.165, 1.54) is 0 Å². The Kier molecular flexibility index (Phi) is 3.92. The fourth-order valence-corrected chi connectivity index (χ4v) is 4.02. The van der Waals surface area contributed by atoms with Crippen molar-refractivity contribution in [1.29, 1.82) is 0 Å². The molecule has 10 heteroatoms. The Bertz CT molecular complexity index is 645. The van der Waals surface area contributed by atoms with Crippen molar-refractivity contribution in [3.63, 3.8) is 0 Å². The quantitative estimate of drug-likeness (QED) is 0.613. The van der Waals surface area contributed by atoms with Gasteiger partial charge in [0.25, 0.3) is 0 Å². The van der Waals surface area contributed by atoms with Crippen LogP contribution in [0.4, 0.5) is 0 Å². The molecule has 0 aliphatic rings. The first kappa shape index (κ1) is 14.4. The minimum atomic E-state index is -4.61. The monoisotopic (exact) mass is 306 g/mol. The van der Waals surface area contributed by atoms with Crippen molar-refractivity contribution >= 4 is 26.2 Å². The molecule has 0 aliphatic heterocycles. The van der Waals surface area contributed by atoms with Crippen LogP contribution in [0.5, 0.6) is 0 Å². The molecule has 1 atom stereocenters. The van der Waals surface area contributed by atoms with Gasteiger partial charge < -0.3 is 24.2 Å². The van der Waals surface area contributed by atoms with E-state index in [9.17, 15) is 14.0 Å². The highest BCUT2D eigenvalue weighted by Crippen LogP contribution is 2.55. The Balaban J connectivity index is 2.06. The molecule has 1 aromatic carbocycles. The lowest BCUT2D eigenvalue weighted by molar-refractivity contribution is 0.246. The smallest absolute Gasteiger partial charge is 0.340 e. The van der Waals surface area contributed by atoms with Crippen LogP contribution in [0.1, 0.15) is 5.82 Å². The molecule has 0 saturated heterocycles. The van der Waals surface area contributed by atoms with Crippen LogP contribution in [0.3, 0.4) is 0 Å². The summed E-state index contributed by atoms with van der Waals surface area (Å²) in [5.41, 5.74) is 1.41. The number of fused-ring (bicyclic) bond motifs is 1. The van der Waals surface area contributed by atoms with Gasteiger partial charge in [-0.1, -0.05) is 12.1 Å². The Morgan fingerprint density at radius 1 is 1.21 bits per heavy atom. The summed E-state index contributed by atoms with van der Waals surface area (Å²) >= 11 is 0. The molecule has 1 aromatic heterocycles. The third kappa shape index (κ3) is 4.24. The molecule has 4 N–H and O–H groups in total. The summed E-state index contributed by atoms with van der Waals surface area (Å²) < 4.78 is 26.7. The summed E-state index contributed by atoms with van der Waals surface area (Å²) in [6.07, 6.45) is 0. The largest absolute Gasteiger partial charge is 0.340 e. The second-order valence-corrected chi connectivity index (χ2v) is 7.91. The molecule has 1 unspecified atom stereocenters. The van der Waals surface area contributed by atoms with Gasteiger partial charge in [0.05, 0.1) is 11.0 Å². The predicted octanol–water partition coefficient (Wildman–Crippen LogP) is 1.40. The number of aromatic amines is 1. The molecule has 0 fully saturated rings. The number of H-pyrrole nitrogens is 1. The lowest BCUT2D eigenvalue weighted by Crippen LogP contribution is -1.98. The fraction of sp³-hybridized carbons (Fsp3) is 0.222. The van der Waals surface area contributed by atoms with Gasteiger partial charge in [0.15, 0.2) is 5.90 Å². The maximum Gasteiger partial charge on any atom is 0.340 e. The number of benzene rings is 1. The van der Waals surface area contributed by atoms with Crippen LogP contribution in [0, 0.1) is 0 Å². The first-order valence-electron chi connectivity index (χ1n) is 5.20. The van der Waals surface area contributed by atoms with Crippen LogP contribution in [0.15, 0.2) is 24.3 Å². The Hall–Kier alpha value is -1.01. The van der Waals surface area contributed by atoms with Crippen LogP contribution in [0.2, 0.25) is 0 Å². The molecule has 0 amide bonds. The summed E-state index contributed by atoms with van der Waals surface area (Å²) in [4.78, 5) is 33.5. The molecular formula is C9H12N2O6P2. The summed E-state index contributed by atoms with van der Waals surface area (Å²) in [5.74, 6) is -0.901. The maximum atomic E-state index is 11.4. The fourth-order valence-electron chi connectivity index (χ4n) is 1.51. The number of imidazole rings is 1. The minimum Gasteiger partial charge on any atom is -0.340 e. The minimum absolute atomic E-state index is 0.307. The van der Waals surface area contributed by atoms with E-state index in [0.29, 0.717) is 11.3 Å². The molecule has 2 rings (SSSR count). The third-order valence-electron chi connectivity index (χ3n) is 2.20. The van der Waals surface area contributed by atoms with E-state index in [0.717, 1.165) is 5.52 Å². The van der Waals surface area contributed by atoms with E-state index in [1.54, 1.807) is 24.3 Å². The molecule has 0 aliphatic carbocycles. The van der Waals surface area contributed by atoms with Crippen LogP contribution >= 0.6 is 15.2 Å². The first-order chi connectivity index (χ1) is 8.75. The Morgan fingerprint density at radius 2 is 1.89 bits per heavy atom. The van der Waals surface area contributed by atoms with Crippen molar-refractivity contribution in [2.75, 3.05) is 5.90 Å². The van der Waals surface area contributed by atoms with Gasteiger partial charge in [-0.2, -0.15) is 0 Å². The van der Waals surface area contributed by atoms with Gasteiger partial charge in [-0.3, -0.25) is 9.13 Å². The molecule has 19 heavy (non-hydrogen) atoms. The Morgan fingerprint density at radius 3 is 2.53 bits per heavy atom. The van der Waals surface area contributed by atoms with E-state index >= 15 is 0 Å². The highest BCUT2D eigenvalue weighted by atomic mass is 31.2. The zero-order valence-corrected chi connectivity index (χ0v) is 11.4. The van der Waals surface area contributed by atoms with E-state index in [-0.39, 0.29) is 6.61 Å². The molecule has 1 heterocycles. The van der Waals surface area contributed by atoms with Gasteiger partial charge in [0.2, 0.25) is 0 Å². The molecule has 0 bridgehead atoms. The number of aromatic nitrogens is 2. The van der Waals surface area contributed by atoms with Gasteiger partial charge >= 0.3 is 15.2 Å². The lowest BCUT2D eigenvalue weighted by atomic mass is 10.3. The molecule has 0 spiro atoms. The number of nitrogens with zero attached hydrogens (tertiary/aromatic N) is 1. The number of nitrogens with one attached hydrogen (secondary N) is 1. The van der Waals surface area contributed by atoms with Crippen LogP contribution < -0.4 is 0 Å². The van der Waals surface area contributed by atoms with Crippen LogP contribution in [-0.2, 0) is 20.3 Å². The number of para-hydroxylation sites is 2. The van der Waals surface area contributed by atoms with E-state index in [2.05, 4.69) is 14.5 Å². The lowest BCUT2D eigenvalue weighted by Gasteiger charge is -2.11. The average Bonchev–Trinajstić information content (AvgIpc) is 2.66. The highest BCUT2D eigenvalue weighted by Gasteiger charge is 2.31. The average molecular weight is 306 g/mol. The normalized spacial score (nSPS) is 15.5. The van der Waals surface area contributed by atoms with Crippen molar-refractivity contribution < 1.29 is 28.3 Å². The molecule has 0 saturated carbocycles. The number of hydrogen-bond acceptors (Lipinski definition) is 4.